The van der Waals surface area contributed by atoms with Crippen LogP contribution in [0.2, 0.25) is 0 Å². The van der Waals surface area contributed by atoms with Gasteiger partial charge in [-0.1, -0.05) is 0 Å². The zero-order chi connectivity index (χ0) is 11.5. The molecule has 0 aromatic carbocycles. The van der Waals surface area contributed by atoms with Crippen LogP contribution in [0.4, 0.5) is 0 Å². The van der Waals surface area contributed by atoms with Gasteiger partial charge in [0.25, 0.3) is 0 Å². The molecule has 0 saturated carbocycles. The van der Waals surface area contributed by atoms with Crippen molar-refractivity contribution in [1.29, 1.82) is 0 Å². The van der Waals surface area contributed by atoms with Crippen LogP contribution in [0.15, 0.2) is 15.9 Å². The van der Waals surface area contributed by atoms with E-state index in [4.69, 9.17) is 0 Å². The Labute approximate surface area is 114 Å². The van der Waals surface area contributed by atoms with Crippen molar-refractivity contribution in [2.75, 3.05) is 32.1 Å². The molecule has 2 nitrogen and oxygen atoms in total. The molecule has 2 unspecified atom stereocenters. The quantitative estimate of drug-likeness (QED) is 0.922. The van der Waals surface area contributed by atoms with E-state index < -0.39 is 0 Å². The second-order valence-electron chi connectivity index (χ2n) is 4.02. The molecule has 1 fully saturated rings. The summed E-state index contributed by atoms with van der Waals surface area (Å²) in [7, 11) is 4.29. The number of thiophene rings is 1. The number of nitrogens with zero attached hydrogens (tertiary/aromatic N) is 1. The van der Waals surface area contributed by atoms with Crippen molar-refractivity contribution in [3.05, 3.63) is 20.8 Å². The van der Waals surface area contributed by atoms with E-state index in [1.165, 1.54) is 27.4 Å². The second-order valence-corrected chi connectivity index (χ2v) is 6.97. The highest BCUT2D eigenvalue weighted by molar-refractivity contribution is 9.10. The van der Waals surface area contributed by atoms with Gasteiger partial charge in [0, 0.05) is 33.4 Å². The molecule has 0 bridgehead atoms. The van der Waals surface area contributed by atoms with Crippen LogP contribution < -0.4 is 5.32 Å². The number of thioether (sulfide) groups is 1. The molecule has 16 heavy (non-hydrogen) atoms. The van der Waals surface area contributed by atoms with Crippen molar-refractivity contribution in [3.63, 3.8) is 0 Å². The van der Waals surface area contributed by atoms with Crippen molar-refractivity contribution in [3.8, 4) is 0 Å². The van der Waals surface area contributed by atoms with Gasteiger partial charge in [0.2, 0.25) is 0 Å². The third-order valence-corrected chi connectivity index (χ3v) is 6.07. The lowest BCUT2D eigenvalue weighted by molar-refractivity contribution is 0.222. The number of nitrogens with one attached hydrogen (secondary N) is 1. The van der Waals surface area contributed by atoms with Gasteiger partial charge in [0.05, 0.1) is 6.04 Å². The van der Waals surface area contributed by atoms with Crippen molar-refractivity contribution in [2.45, 2.75) is 12.1 Å². The molecule has 0 spiro atoms. The van der Waals surface area contributed by atoms with E-state index in [1.54, 1.807) is 0 Å². The first-order valence-electron chi connectivity index (χ1n) is 5.42. The summed E-state index contributed by atoms with van der Waals surface area (Å²) in [5.74, 6) is 2.47. The molecule has 1 aliphatic rings. The lowest BCUT2D eigenvalue weighted by Gasteiger charge is -2.37. The van der Waals surface area contributed by atoms with Gasteiger partial charge in [-0.2, -0.15) is 11.8 Å². The molecule has 0 radical (unpaired) electrons. The van der Waals surface area contributed by atoms with E-state index in [0.717, 1.165) is 0 Å². The smallest absolute Gasteiger partial charge is 0.0589 e. The molecule has 1 aromatic heterocycles. The van der Waals surface area contributed by atoms with Gasteiger partial charge < -0.3 is 5.32 Å². The van der Waals surface area contributed by atoms with E-state index in [2.05, 4.69) is 63.5 Å². The van der Waals surface area contributed by atoms with Gasteiger partial charge in [0.1, 0.15) is 0 Å². The molecule has 5 heteroatoms. The molecule has 1 aromatic rings. The van der Waals surface area contributed by atoms with E-state index in [0.29, 0.717) is 12.1 Å². The third kappa shape index (κ3) is 2.64. The van der Waals surface area contributed by atoms with Gasteiger partial charge >= 0.3 is 0 Å². The van der Waals surface area contributed by atoms with Gasteiger partial charge in [0.15, 0.2) is 0 Å². The number of hydrogen-bond acceptors (Lipinski definition) is 4. The Hall–Kier alpha value is 0.450. The summed E-state index contributed by atoms with van der Waals surface area (Å²) in [5.41, 5.74) is 0. The highest BCUT2D eigenvalue weighted by Gasteiger charge is 2.29. The Bertz CT molecular complexity index is 342. The van der Waals surface area contributed by atoms with Crippen LogP contribution in [0.3, 0.4) is 0 Å². The van der Waals surface area contributed by atoms with Crippen LogP contribution in [0, 0.1) is 0 Å². The fourth-order valence-electron chi connectivity index (χ4n) is 2.08. The summed E-state index contributed by atoms with van der Waals surface area (Å²) in [6.45, 7) is 1.19. The number of rotatable bonds is 3. The Balaban J connectivity index is 2.18. The van der Waals surface area contributed by atoms with Gasteiger partial charge in [-0.15, -0.1) is 11.3 Å². The highest BCUT2D eigenvalue weighted by atomic mass is 79.9. The van der Waals surface area contributed by atoms with E-state index >= 15 is 0 Å². The molecular weight excluding hydrogens is 304 g/mol. The maximum absolute atomic E-state index is 3.64. The van der Waals surface area contributed by atoms with E-state index in [9.17, 15) is 0 Å². The topological polar surface area (TPSA) is 15.3 Å². The summed E-state index contributed by atoms with van der Waals surface area (Å²) >= 11 is 7.53. The fourth-order valence-corrected chi connectivity index (χ4v) is 5.14. The second kappa shape index (κ2) is 5.87. The van der Waals surface area contributed by atoms with Crippen LogP contribution in [0.25, 0.3) is 0 Å². The van der Waals surface area contributed by atoms with Gasteiger partial charge in [-0.3, -0.25) is 4.90 Å². The molecule has 90 valence electrons. The number of likely N-dealkylation sites (N-methyl/N-ethyl adjacent to an activating group) is 2. The average molecular weight is 321 g/mol. The maximum Gasteiger partial charge on any atom is 0.0589 e. The zero-order valence-electron chi connectivity index (χ0n) is 9.57. The lowest BCUT2D eigenvalue weighted by atomic mass is 10.1. The SMILES string of the molecule is CNC(c1sccc1Br)C1CSCCN1C. The first kappa shape index (κ1) is 12.9. The average Bonchev–Trinajstić information content (AvgIpc) is 2.69. The molecule has 1 N–H and O–H groups in total. The van der Waals surface area contributed by atoms with Crippen molar-refractivity contribution >= 4 is 39.0 Å². The summed E-state index contributed by atoms with van der Waals surface area (Å²) in [4.78, 5) is 3.89. The molecule has 2 heterocycles. The van der Waals surface area contributed by atoms with Gasteiger partial charge in [-0.25, -0.2) is 0 Å². The summed E-state index contributed by atoms with van der Waals surface area (Å²) < 4.78 is 1.24. The molecule has 1 aliphatic heterocycles. The Morgan fingerprint density at radius 1 is 1.62 bits per heavy atom. The first-order chi connectivity index (χ1) is 7.74. The molecule has 2 rings (SSSR count). The van der Waals surface area contributed by atoms with Crippen LogP contribution in [0.1, 0.15) is 10.9 Å². The monoisotopic (exact) mass is 320 g/mol. The molecule has 2 atom stereocenters. The number of hydrogen-bond donors (Lipinski definition) is 1. The summed E-state index contributed by atoms with van der Waals surface area (Å²) in [6, 6.07) is 3.17. The number of halogens is 1. The lowest BCUT2D eigenvalue weighted by Crippen LogP contribution is -2.46. The zero-order valence-corrected chi connectivity index (χ0v) is 12.8. The maximum atomic E-state index is 3.64. The predicted octanol–water partition coefficient (Wildman–Crippen LogP) is 2.82. The fraction of sp³-hybridized carbons (Fsp3) is 0.636. The van der Waals surface area contributed by atoms with Crippen LogP contribution in [-0.4, -0.2) is 43.1 Å². The highest BCUT2D eigenvalue weighted by Crippen LogP contribution is 2.34. The van der Waals surface area contributed by atoms with E-state index in [-0.39, 0.29) is 0 Å². The van der Waals surface area contributed by atoms with Crippen molar-refractivity contribution in [1.82, 2.24) is 10.2 Å². The Kier molecular flexibility index (Phi) is 4.73. The minimum atomic E-state index is 0.437. The van der Waals surface area contributed by atoms with Crippen LogP contribution in [-0.2, 0) is 0 Å². The minimum Gasteiger partial charge on any atom is -0.311 e. The standard InChI is InChI=1S/C11H17BrN2S2/c1-13-10(11-8(12)3-5-16-11)9-7-15-6-4-14(9)2/h3,5,9-10,13H,4,6-7H2,1-2H3. The van der Waals surface area contributed by atoms with Crippen LogP contribution in [0.5, 0.6) is 0 Å². The van der Waals surface area contributed by atoms with Crippen molar-refractivity contribution in [2.24, 2.45) is 0 Å². The van der Waals surface area contributed by atoms with Crippen molar-refractivity contribution < 1.29 is 0 Å². The molecule has 1 saturated heterocycles. The van der Waals surface area contributed by atoms with Gasteiger partial charge in [-0.05, 0) is 41.5 Å². The summed E-state index contributed by atoms with van der Waals surface area (Å²) in [5, 5.41) is 5.62. The Morgan fingerprint density at radius 3 is 3.00 bits per heavy atom. The molecule has 0 amide bonds. The normalized spacial score (nSPS) is 24.6. The predicted molar refractivity (Wildman–Crippen MR) is 77.6 cm³/mol. The summed E-state index contributed by atoms with van der Waals surface area (Å²) in [6.07, 6.45) is 0. The minimum absolute atomic E-state index is 0.437. The molecule has 0 aliphatic carbocycles. The third-order valence-electron chi connectivity index (χ3n) is 3.07. The first-order valence-corrected chi connectivity index (χ1v) is 8.25. The molecular formula is C11H17BrN2S2. The Morgan fingerprint density at radius 2 is 2.44 bits per heavy atom. The van der Waals surface area contributed by atoms with E-state index in [1.807, 2.05) is 11.3 Å². The largest absolute Gasteiger partial charge is 0.311 e. The van der Waals surface area contributed by atoms with Crippen LogP contribution >= 0.6 is 39.0 Å².